The number of halogens is 1. The minimum Gasteiger partial charge on any atom is -0.383 e. The number of piperazine rings is 1. The maximum atomic E-state index is 14.1. The van der Waals surface area contributed by atoms with Crippen LogP contribution in [0.5, 0.6) is 0 Å². The average molecular weight is 309 g/mol. The van der Waals surface area contributed by atoms with Crippen molar-refractivity contribution in [2.45, 2.75) is 13.5 Å². The zero-order chi connectivity index (χ0) is 15.9. The van der Waals surface area contributed by atoms with Crippen molar-refractivity contribution in [2.75, 3.05) is 51.3 Å². The van der Waals surface area contributed by atoms with Gasteiger partial charge in [0.05, 0.1) is 12.3 Å². The van der Waals surface area contributed by atoms with Crippen LogP contribution in [-0.2, 0) is 16.1 Å². The van der Waals surface area contributed by atoms with Crippen LogP contribution in [0.4, 0.5) is 10.1 Å². The molecule has 1 fully saturated rings. The predicted molar refractivity (Wildman–Crippen MR) is 84.4 cm³/mol. The number of hydrogen-bond donors (Lipinski definition) is 1. The van der Waals surface area contributed by atoms with Gasteiger partial charge in [-0.15, -0.1) is 0 Å². The molecule has 0 atom stereocenters. The number of benzene rings is 1. The Morgan fingerprint density at radius 1 is 1.32 bits per heavy atom. The summed E-state index contributed by atoms with van der Waals surface area (Å²) in [6.07, 6.45) is 0. The van der Waals surface area contributed by atoms with Gasteiger partial charge in [-0.25, -0.2) is 4.39 Å². The Balaban J connectivity index is 1.97. The molecule has 122 valence electrons. The summed E-state index contributed by atoms with van der Waals surface area (Å²) >= 11 is 0. The Labute approximate surface area is 131 Å². The van der Waals surface area contributed by atoms with Gasteiger partial charge in [-0.05, 0) is 17.7 Å². The number of ether oxygens (including phenoxy) is 1. The van der Waals surface area contributed by atoms with E-state index in [0.29, 0.717) is 45.0 Å². The maximum absolute atomic E-state index is 14.1. The molecule has 1 N–H and O–H groups in total. The van der Waals surface area contributed by atoms with E-state index in [0.717, 1.165) is 12.1 Å². The van der Waals surface area contributed by atoms with Crippen molar-refractivity contribution >= 4 is 11.6 Å². The van der Waals surface area contributed by atoms with Crippen molar-refractivity contribution in [3.05, 3.63) is 29.6 Å². The van der Waals surface area contributed by atoms with Gasteiger partial charge in [0.2, 0.25) is 5.91 Å². The molecule has 1 aromatic carbocycles. The van der Waals surface area contributed by atoms with Crippen molar-refractivity contribution in [3.8, 4) is 0 Å². The molecular weight excluding hydrogens is 285 g/mol. The first kappa shape index (κ1) is 16.7. The number of hydrogen-bond acceptors (Lipinski definition) is 4. The van der Waals surface area contributed by atoms with Gasteiger partial charge in [0, 0.05) is 53.3 Å². The van der Waals surface area contributed by atoms with E-state index < -0.39 is 0 Å². The van der Waals surface area contributed by atoms with Crippen LogP contribution in [0.2, 0.25) is 0 Å². The fourth-order valence-corrected chi connectivity index (χ4v) is 2.58. The zero-order valence-corrected chi connectivity index (χ0v) is 13.3. The first-order chi connectivity index (χ1) is 10.6. The highest BCUT2D eigenvalue weighted by atomic mass is 19.1. The number of amides is 1. The lowest BCUT2D eigenvalue weighted by Crippen LogP contribution is -2.48. The van der Waals surface area contributed by atoms with Crippen molar-refractivity contribution in [3.63, 3.8) is 0 Å². The van der Waals surface area contributed by atoms with Crippen molar-refractivity contribution < 1.29 is 13.9 Å². The number of carbonyl (C=O) groups is 1. The summed E-state index contributed by atoms with van der Waals surface area (Å²) in [7, 11) is 1.67. The Hall–Kier alpha value is -1.66. The molecule has 1 saturated heterocycles. The van der Waals surface area contributed by atoms with E-state index in [1.165, 1.54) is 6.07 Å². The summed E-state index contributed by atoms with van der Waals surface area (Å²) in [5.41, 5.74) is 1.66. The second kappa shape index (κ2) is 8.10. The largest absolute Gasteiger partial charge is 0.383 e. The summed E-state index contributed by atoms with van der Waals surface area (Å²) in [4.78, 5) is 15.2. The van der Waals surface area contributed by atoms with Crippen molar-refractivity contribution in [1.82, 2.24) is 10.2 Å². The first-order valence-corrected chi connectivity index (χ1v) is 7.60. The second-order valence-corrected chi connectivity index (χ2v) is 5.45. The summed E-state index contributed by atoms with van der Waals surface area (Å²) in [6, 6.07) is 5.20. The number of anilines is 1. The van der Waals surface area contributed by atoms with E-state index in [2.05, 4.69) is 5.32 Å². The normalized spacial score (nSPS) is 15.2. The van der Waals surface area contributed by atoms with E-state index in [1.54, 1.807) is 25.0 Å². The fourth-order valence-electron chi connectivity index (χ4n) is 2.58. The third-order valence-electron chi connectivity index (χ3n) is 3.89. The first-order valence-electron chi connectivity index (χ1n) is 7.60. The van der Waals surface area contributed by atoms with Crippen LogP contribution >= 0.6 is 0 Å². The van der Waals surface area contributed by atoms with E-state index in [9.17, 15) is 9.18 Å². The molecule has 22 heavy (non-hydrogen) atoms. The molecule has 0 aromatic heterocycles. The lowest BCUT2D eigenvalue weighted by Gasteiger charge is -2.36. The fraction of sp³-hybridized carbons (Fsp3) is 0.562. The molecule has 1 amide bonds. The summed E-state index contributed by atoms with van der Waals surface area (Å²) < 4.78 is 19.1. The van der Waals surface area contributed by atoms with E-state index in [1.807, 2.05) is 11.0 Å². The number of rotatable bonds is 6. The Morgan fingerprint density at radius 3 is 2.68 bits per heavy atom. The highest BCUT2D eigenvalue weighted by molar-refractivity contribution is 5.73. The zero-order valence-electron chi connectivity index (χ0n) is 13.3. The molecule has 2 rings (SSSR count). The predicted octanol–water partition coefficient (Wildman–Crippen LogP) is 1.23. The third-order valence-corrected chi connectivity index (χ3v) is 3.89. The van der Waals surface area contributed by atoms with Gasteiger partial charge in [0.25, 0.3) is 0 Å². The highest BCUT2D eigenvalue weighted by Gasteiger charge is 2.20. The van der Waals surface area contributed by atoms with Crippen molar-refractivity contribution in [2.24, 2.45) is 0 Å². The average Bonchev–Trinajstić information content (AvgIpc) is 2.53. The highest BCUT2D eigenvalue weighted by Crippen LogP contribution is 2.22. The van der Waals surface area contributed by atoms with Crippen LogP contribution < -0.4 is 10.2 Å². The SMILES string of the molecule is COCCNCc1ccc(F)c(N2CCN(C(C)=O)CC2)c1. The van der Waals surface area contributed by atoms with Crippen LogP contribution in [0.3, 0.4) is 0 Å². The van der Waals surface area contributed by atoms with Crippen LogP contribution in [0.1, 0.15) is 12.5 Å². The molecule has 0 bridgehead atoms. The maximum Gasteiger partial charge on any atom is 0.219 e. The molecule has 1 aliphatic heterocycles. The molecule has 0 spiro atoms. The van der Waals surface area contributed by atoms with Gasteiger partial charge in [-0.2, -0.15) is 0 Å². The summed E-state index contributed by atoms with van der Waals surface area (Å²) in [6.45, 7) is 6.29. The number of nitrogens with zero attached hydrogens (tertiary/aromatic N) is 2. The Kier molecular flexibility index (Phi) is 6.15. The molecule has 0 aliphatic carbocycles. The molecule has 6 heteroatoms. The van der Waals surface area contributed by atoms with Crippen LogP contribution in [0.25, 0.3) is 0 Å². The summed E-state index contributed by atoms with van der Waals surface area (Å²) in [5, 5.41) is 3.26. The molecule has 1 heterocycles. The second-order valence-electron chi connectivity index (χ2n) is 5.45. The molecule has 0 radical (unpaired) electrons. The lowest BCUT2D eigenvalue weighted by atomic mass is 10.1. The minimum absolute atomic E-state index is 0.0798. The van der Waals surface area contributed by atoms with Gasteiger partial charge in [0.1, 0.15) is 5.82 Å². The smallest absolute Gasteiger partial charge is 0.219 e. The standard InChI is InChI=1S/C16H24FN3O2/c1-13(21)19-6-8-20(9-7-19)16-11-14(3-4-15(16)17)12-18-5-10-22-2/h3-4,11,18H,5-10,12H2,1-2H3. The van der Waals surface area contributed by atoms with Gasteiger partial charge in [0.15, 0.2) is 0 Å². The molecule has 1 aromatic rings. The van der Waals surface area contributed by atoms with Crippen molar-refractivity contribution in [1.29, 1.82) is 0 Å². The Morgan fingerprint density at radius 2 is 2.05 bits per heavy atom. The number of carbonyl (C=O) groups excluding carboxylic acids is 1. The Bertz CT molecular complexity index is 502. The molecule has 0 saturated carbocycles. The molecule has 5 nitrogen and oxygen atoms in total. The van der Waals surface area contributed by atoms with Crippen LogP contribution in [0, 0.1) is 5.82 Å². The van der Waals surface area contributed by atoms with Crippen LogP contribution in [-0.4, -0.2) is 57.2 Å². The van der Waals surface area contributed by atoms with Crippen LogP contribution in [0.15, 0.2) is 18.2 Å². The van der Waals surface area contributed by atoms with Gasteiger partial charge >= 0.3 is 0 Å². The quantitative estimate of drug-likeness (QED) is 0.803. The monoisotopic (exact) mass is 309 g/mol. The molecule has 0 unspecified atom stereocenters. The molecular formula is C16H24FN3O2. The number of methoxy groups -OCH3 is 1. The van der Waals surface area contributed by atoms with Gasteiger partial charge < -0.3 is 19.9 Å². The van der Waals surface area contributed by atoms with E-state index in [4.69, 9.17) is 4.74 Å². The lowest BCUT2D eigenvalue weighted by molar-refractivity contribution is -0.129. The van der Waals surface area contributed by atoms with Gasteiger partial charge in [-0.1, -0.05) is 6.07 Å². The number of nitrogens with one attached hydrogen (secondary N) is 1. The van der Waals surface area contributed by atoms with E-state index >= 15 is 0 Å². The third kappa shape index (κ3) is 4.42. The molecule has 1 aliphatic rings. The topological polar surface area (TPSA) is 44.8 Å². The minimum atomic E-state index is -0.211. The summed E-state index contributed by atoms with van der Waals surface area (Å²) in [5.74, 6) is -0.131. The van der Waals surface area contributed by atoms with E-state index in [-0.39, 0.29) is 11.7 Å². The van der Waals surface area contributed by atoms with Gasteiger partial charge in [-0.3, -0.25) is 4.79 Å².